The molecule has 1 rings (SSSR count). The van der Waals surface area contributed by atoms with E-state index in [2.05, 4.69) is 21.2 Å². The van der Waals surface area contributed by atoms with E-state index in [0.717, 1.165) is 10.0 Å². The van der Waals surface area contributed by atoms with Crippen LogP contribution in [0.4, 0.5) is 0 Å². The molecule has 1 amide bonds. The van der Waals surface area contributed by atoms with Crippen LogP contribution < -0.4 is 5.32 Å². The Morgan fingerprint density at radius 1 is 1.50 bits per heavy atom. The second-order valence-corrected chi connectivity index (χ2v) is 4.84. The number of halogens is 1. The lowest BCUT2D eigenvalue weighted by atomic mass is 9.94. The van der Waals surface area contributed by atoms with Crippen LogP contribution in [0.5, 0.6) is 0 Å². The van der Waals surface area contributed by atoms with Gasteiger partial charge in [0, 0.05) is 4.47 Å². The molecule has 4 heteroatoms. The maximum Gasteiger partial charge on any atom is 0.234 e. The summed E-state index contributed by atoms with van der Waals surface area (Å²) in [5, 5.41) is 11.3. The molecule has 1 aromatic carbocycles. The van der Waals surface area contributed by atoms with Crippen molar-refractivity contribution in [1.82, 2.24) is 5.32 Å². The predicted molar refractivity (Wildman–Crippen MR) is 65.5 cm³/mol. The second kappa shape index (κ2) is 5.13. The molecule has 0 aromatic heterocycles. The highest BCUT2D eigenvalue weighted by Gasteiger charge is 2.24. The molecule has 0 radical (unpaired) electrons. The minimum atomic E-state index is -0.492. The van der Waals surface area contributed by atoms with Gasteiger partial charge < -0.3 is 5.32 Å². The van der Waals surface area contributed by atoms with E-state index in [0.29, 0.717) is 0 Å². The summed E-state index contributed by atoms with van der Waals surface area (Å²) < 4.78 is 0.942. The molecule has 0 unspecified atom stereocenters. The van der Waals surface area contributed by atoms with E-state index in [-0.39, 0.29) is 12.3 Å². The molecule has 84 valence electrons. The van der Waals surface area contributed by atoms with Gasteiger partial charge in [0.25, 0.3) is 0 Å². The Morgan fingerprint density at radius 3 is 2.69 bits per heavy atom. The van der Waals surface area contributed by atoms with Gasteiger partial charge in [-0.15, -0.1) is 0 Å². The Hall–Kier alpha value is -1.34. The molecule has 0 aliphatic heterocycles. The molecule has 0 fully saturated rings. The normalized spacial score (nSPS) is 10.6. The van der Waals surface area contributed by atoms with Gasteiger partial charge in [-0.25, -0.2) is 0 Å². The molecule has 1 aromatic rings. The molecule has 0 saturated heterocycles. The monoisotopic (exact) mass is 280 g/mol. The van der Waals surface area contributed by atoms with Gasteiger partial charge in [-0.1, -0.05) is 34.1 Å². The highest BCUT2D eigenvalue weighted by atomic mass is 79.9. The Morgan fingerprint density at radius 2 is 2.12 bits per heavy atom. The van der Waals surface area contributed by atoms with Gasteiger partial charge in [0.05, 0.1) is 11.6 Å². The summed E-state index contributed by atoms with van der Waals surface area (Å²) in [5.41, 5.74) is 0.495. The molecule has 16 heavy (non-hydrogen) atoms. The highest BCUT2D eigenvalue weighted by Crippen LogP contribution is 2.27. The predicted octanol–water partition coefficient (Wildman–Crippen LogP) is 2.71. The summed E-state index contributed by atoms with van der Waals surface area (Å²) in [5.74, 6) is -0.261. The van der Waals surface area contributed by atoms with Crippen LogP contribution in [0.3, 0.4) is 0 Å². The number of amides is 1. The van der Waals surface area contributed by atoms with Gasteiger partial charge in [0.2, 0.25) is 5.91 Å². The summed E-state index contributed by atoms with van der Waals surface area (Å²) in [6.07, 6.45) is -0.117. The van der Waals surface area contributed by atoms with Crippen molar-refractivity contribution in [2.24, 2.45) is 0 Å². The van der Waals surface area contributed by atoms with Crippen molar-refractivity contribution < 1.29 is 4.79 Å². The third kappa shape index (κ3) is 3.07. The largest absolute Gasteiger partial charge is 0.346 e. The highest BCUT2D eigenvalue weighted by molar-refractivity contribution is 9.10. The molecule has 0 aliphatic rings. The second-order valence-electron chi connectivity index (χ2n) is 3.99. The van der Waals surface area contributed by atoms with Crippen LogP contribution in [0.2, 0.25) is 0 Å². The molecule has 0 aliphatic carbocycles. The van der Waals surface area contributed by atoms with E-state index in [1.165, 1.54) is 0 Å². The van der Waals surface area contributed by atoms with Gasteiger partial charge in [0.1, 0.15) is 6.42 Å². The van der Waals surface area contributed by atoms with Crippen molar-refractivity contribution in [2.75, 3.05) is 0 Å². The van der Waals surface area contributed by atoms with Gasteiger partial charge in [-0.3, -0.25) is 4.79 Å². The molecular formula is C12H13BrN2O. The summed E-state index contributed by atoms with van der Waals surface area (Å²) in [6.45, 7) is 3.81. The number of nitrogens with zero attached hydrogens (tertiary/aromatic N) is 1. The number of carbonyl (C=O) groups excluding carboxylic acids is 1. The molecule has 1 N–H and O–H groups in total. The smallest absolute Gasteiger partial charge is 0.234 e. The Balaban J connectivity index is 2.90. The number of rotatable bonds is 3. The number of benzene rings is 1. The Kier molecular flexibility index (Phi) is 4.08. The lowest BCUT2D eigenvalue weighted by molar-refractivity contribution is -0.121. The first-order valence-electron chi connectivity index (χ1n) is 4.90. The molecule has 0 heterocycles. The zero-order valence-electron chi connectivity index (χ0n) is 9.25. The van der Waals surface area contributed by atoms with Crippen LogP contribution >= 0.6 is 15.9 Å². The van der Waals surface area contributed by atoms with Crippen molar-refractivity contribution in [3.63, 3.8) is 0 Å². The minimum absolute atomic E-state index is 0.117. The SMILES string of the molecule is CC(C)(NC(=O)CC#N)c1ccccc1Br. The summed E-state index contributed by atoms with van der Waals surface area (Å²) in [4.78, 5) is 11.4. The van der Waals surface area contributed by atoms with E-state index >= 15 is 0 Å². The first kappa shape index (κ1) is 12.7. The van der Waals surface area contributed by atoms with Crippen molar-refractivity contribution in [2.45, 2.75) is 25.8 Å². The van der Waals surface area contributed by atoms with Gasteiger partial charge >= 0.3 is 0 Å². The fourth-order valence-corrected chi connectivity index (χ4v) is 2.28. The third-order valence-electron chi connectivity index (χ3n) is 2.24. The quantitative estimate of drug-likeness (QED) is 0.926. The Labute approximate surface area is 104 Å². The van der Waals surface area contributed by atoms with Crippen LogP contribution in [-0.2, 0) is 10.3 Å². The van der Waals surface area contributed by atoms with E-state index in [9.17, 15) is 4.79 Å². The first-order chi connectivity index (χ1) is 7.47. The van der Waals surface area contributed by atoms with Gasteiger partial charge in [-0.05, 0) is 25.5 Å². The zero-order valence-corrected chi connectivity index (χ0v) is 10.8. The van der Waals surface area contributed by atoms with Gasteiger partial charge in [-0.2, -0.15) is 5.26 Å². The third-order valence-corrected chi connectivity index (χ3v) is 2.93. The standard InChI is InChI=1S/C12H13BrN2O/c1-12(2,15-11(16)7-8-14)9-5-3-4-6-10(9)13/h3-6H,7H2,1-2H3,(H,15,16). The van der Waals surface area contributed by atoms with Crippen molar-refractivity contribution in [3.05, 3.63) is 34.3 Å². The number of hydrogen-bond acceptors (Lipinski definition) is 2. The molecule has 0 atom stereocenters. The van der Waals surface area contributed by atoms with E-state index in [1.54, 1.807) is 0 Å². The topological polar surface area (TPSA) is 52.9 Å². The van der Waals surface area contributed by atoms with Crippen LogP contribution in [0.25, 0.3) is 0 Å². The van der Waals surface area contributed by atoms with Crippen LogP contribution in [-0.4, -0.2) is 5.91 Å². The maximum absolute atomic E-state index is 11.4. The molecule has 0 bridgehead atoms. The summed E-state index contributed by atoms with van der Waals surface area (Å²) in [7, 11) is 0. The molecule has 0 spiro atoms. The van der Waals surface area contributed by atoms with Crippen LogP contribution in [0, 0.1) is 11.3 Å². The number of nitriles is 1. The van der Waals surface area contributed by atoms with E-state index in [4.69, 9.17) is 5.26 Å². The van der Waals surface area contributed by atoms with Crippen molar-refractivity contribution >= 4 is 21.8 Å². The average Bonchev–Trinajstić information content (AvgIpc) is 2.17. The van der Waals surface area contributed by atoms with Crippen molar-refractivity contribution in [3.8, 4) is 6.07 Å². The van der Waals surface area contributed by atoms with E-state index in [1.807, 2.05) is 44.2 Å². The van der Waals surface area contributed by atoms with Crippen LogP contribution in [0.15, 0.2) is 28.7 Å². The number of hydrogen-bond donors (Lipinski definition) is 1. The maximum atomic E-state index is 11.4. The fourth-order valence-electron chi connectivity index (χ4n) is 1.50. The lowest BCUT2D eigenvalue weighted by Crippen LogP contribution is -2.41. The lowest BCUT2D eigenvalue weighted by Gasteiger charge is -2.27. The van der Waals surface area contributed by atoms with Crippen molar-refractivity contribution in [1.29, 1.82) is 5.26 Å². The first-order valence-corrected chi connectivity index (χ1v) is 5.69. The van der Waals surface area contributed by atoms with Gasteiger partial charge in [0.15, 0.2) is 0 Å². The van der Waals surface area contributed by atoms with Crippen LogP contribution in [0.1, 0.15) is 25.8 Å². The Bertz CT molecular complexity index is 435. The molecule has 0 saturated carbocycles. The fraction of sp³-hybridized carbons (Fsp3) is 0.333. The van der Waals surface area contributed by atoms with E-state index < -0.39 is 5.54 Å². The molecular weight excluding hydrogens is 268 g/mol. The summed E-state index contributed by atoms with van der Waals surface area (Å²) in [6, 6.07) is 9.53. The zero-order chi connectivity index (χ0) is 12.2. The number of nitrogens with one attached hydrogen (secondary N) is 1. The summed E-state index contributed by atoms with van der Waals surface area (Å²) >= 11 is 3.44. The minimum Gasteiger partial charge on any atom is -0.346 e. The number of carbonyl (C=O) groups is 1. The average molecular weight is 281 g/mol. The molecule has 3 nitrogen and oxygen atoms in total.